The highest BCUT2D eigenvalue weighted by atomic mass is 16.5. The molecule has 1 saturated heterocycles. The number of hydrogen-bond acceptors (Lipinski definition) is 3. The third kappa shape index (κ3) is 4.62. The van der Waals surface area contributed by atoms with Crippen LogP contribution in [0, 0.1) is 23.2 Å². The van der Waals surface area contributed by atoms with E-state index in [2.05, 4.69) is 43.9 Å². The van der Waals surface area contributed by atoms with Crippen molar-refractivity contribution in [3.05, 3.63) is 71.9 Å². The van der Waals surface area contributed by atoms with Crippen LogP contribution in [0.15, 0.2) is 60.7 Å². The molecule has 0 unspecified atom stereocenters. The Kier molecular flexibility index (Phi) is 6.59. The number of amides is 1. The quantitative estimate of drug-likeness (QED) is 0.362. The zero-order valence-corrected chi connectivity index (χ0v) is 20.1. The minimum atomic E-state index is -0.193. The van der Waals surface area contributed by atoms with E-state index in [1.54, 1.807) is 29.5 Å². The number of para-hydroxylation sites is 1. The number of rotatable bonds is 4. The van der Waals surface area contributed by atoms with Gasteiger partial charge in [0, 0.05) is 30.8 Å². The summed E-state index contributed by atoms with van der Waals surface area (Å²) in [4.78, 5) is 15.2. The molecule has 1 aliphatic rings. The van der Waals surface area contributed by atoms with Crippen molar-refractivity contribution in [2.45, 2.75) is 45.1 Å². The molecular formula is C29H29N3O2. The second-order valence-corrected chi connectivity index (χ2v) is 9.22. The fraction of sp³-hybridized carbons (Fsp3) is 0.310. The Bertz CT molecular complexity index is 1350. The molecule has 5 heteroatoms. The standard InChI is InChI=1S/C29H29N3O2/c1-5-6-10-25(20-30)32-26-14-13-21(22-15-16-34-29(2,3)19-22)17-23(26)18-27(32)28(33)31(4)24-11-8-7-9-12-24/h7-14,17-18,22H,15-16,19H2,1-4H3/t22-/m0/s1. The van der Waals surface area contributed by atoms with Crippen LogP contribution in [0.25, 0.3) is 16.6 Å². The molecule has 1 fully saturated rings. The lowest BCUT2D eigenvalue weighted by molar-refractivity contribution is -0.0592. The molecule has 1 aliphatic heterocycles. The molecule has 2 aromatic carbocycles. The predicted octanol–water partition coefficient (Wildman–Crippen LogP) is 5.98. The van der Waals surface area contributed by atoms with E-state index in [0.717, 1.165) is 36.0 Å². The van der Waals surface area contributed by atoms with Gasteiger partial charge in [-0.25, -0.2) is 0 Å². The molecule has 1 atom stereocenters. The summed E-state index contributed by atoms with van der Waals surface area (Å²) < 4.78 is 7.62. The van der Waals surface area contributed by atoms with E-state index >= 15 is 0 Å². The highest BCUT2D eigenvalue weighted by Gasteiger charge is 2.30. The number of carbonyl (C=O) groups excluding carboxylic acids is 1. The van der Waals surface area contributed by atoms with Crippen LogP contribution in [0.3, 0.4) is 0 Å². The van der Waals surface area contributed by atoms with Crippen molar-refractivity contribution >= 4 is 28.2 Å². The predicted molar refractivity (Wildman–Crippen MR) is 136 cm³/mol. The van der Waals surface area contributed by atoms with Crippen LogP contribution in [0.5, 0.6) is 0 Å². The van der Waals surface area contributed by atoms with Crippen LogP contribution in [0.1, 0.15) is 55.6 Å². The van der Waals surface area contributed by atoms with Gasteiger partial charge in [-0.15, -0.1) is 5.92 Å². The van der Waals surface area contributed by atoms with Crippen LogP contribution in [-0.4, -0.2) is 29.7 Å². The lowest BCUT2D eigenvalue weighted by Crippen LogP contribution is -2.32. The van der Waals surface area contributed by atoms with Gasteiger partial charge in [-0.3, -0.25) is 9.36 Å². The van der Waals surface area contributed by atoms with Crippen molar-refractivity contribution in [1.82, 2.24) is 4.57 Å². The minimum Gasteiger partial charge on any atom is -0.376 e. The summed E-state index contributed by atoms with van der Waals surface area (Å²) in [6, 6.07) is 19.9. The number of benzene rings is 2. The molecule has 3 aromatic rings. The molecular weight excluding hydrogens is 422 g/mol. The van der Waals surface area contributed by atoms with Crippen molar-refractivity contribution in [2.75, 3.05) is 18.6 Å². The SMILES string of the molecule is CC#CC=C(C#N)n1c(C(=O)N(C)c2ccccc2)cc2cc([C@H]3CCOC(C)(C)C3)ccc21. The lowest BCUT2D eigenvalue weighted by Gasteiger charge is -2.35. The molecule has 0 bridgehead atoms. The highest BCUT2D eigenvalue weighted by molar-refractivity contribution is 6.09. The Balaban J connectivity index is 1.84. The minimum absolute atomic E-state index is 0.154. The summed E-state index contributed by atoms with van der Waals surface area (Å²) in [6.07, 6.45) is 3.47. The van der Waals surface area contributed by atoms with Gasteiger partial charge in [0.05, 0.1) is 11.1 Å². The van der Waals surface area contributed by atoms with Crippen LogP contribution in [-0.2, 0) is 4.74 Å². The van der Waals surface area contributed by atoms with Gasteiger partial charge in [0.25, 0.3) is 5.91 Å². The van der Waals surface area contributed by atoms with Gasteiger partial charge in [-0.2, -0.15) is 5.26 Å². The highest BCUT2D eigenvalue weighted by Crippen LogP contribution is 2.37. The molecule has 0 spiro atoms. The number of ether oxygens (including phenoxy) is 1. The van der Waals surface area contributed by atoms with Crippen LogP contribution in [0.4, 0.5) is 5.69 Å². The number of hydrogen-bond donors (Lipinski definition) is 0. The van der Waals surface area contributed by atoms with Gasteiger partial charge in [-0.05, 0) is 75.4 Å². The average molecular weight is 452 g/mol. The van der Waals surface area contributed by atoms with Crippen LogP contribution in [0.2, 0.25) is 0 Å². The zero-order chi connectivity index (χ0) is 24.3. The topological polar surface area (TPSA) is 58.3 Å². The first-order chi connectivity index (χ1) is 16.3. The molecule has 0 aliphatic carbocycles. The molecule has 0 N–H and O–H groups in total. The van der Waals surface area contributed by atoms with E-state index < -0.39 is 0 Å². The summed E-state index contributed by atoms with van der Waals surface area (Å²) in [5.41, 5.74) is 3.41. The summed E-state index contributed by atoms with van der Waals surface area (Å²) >= 11 is 0. The van der Waals surface area contributed by atoms with E-state index in [4.69, 9.17) is 4.74 Å². The third-order valence-electron chi connectivity index (χ3n) is 6.37. The molecule has 5 nitrogen and oxygen atoms in total. The molecule has 0 radical (unpaired) electrons. The lowest BCUT2D eigenvalue weighted by atomic mass is 9.83. The maximum atomic E-state index is 13.6. The van der Waals surface area contributed by atoms with Crippen molar-refractivity contribution < 1.29 is 9.53 Å². The number of nitriles is 1. The second kappa shape index (κ2) is 9.59. The number of carbonyl (C=O) groups is 1. The normalized spacial score (nSPS) is 17.5. The molecule has 0 saturated carbocycles. The van der Waals surface area contributed by atoms with Gasteiger partial charge < -0.3 is 9.64 Å². The van der Waals surface area contributed by atoms with Crippen molar-refractivity contribution in [3.63, 3.8) is 0 Å². The molecule has 172 valence electrons. The van der Waals surface area contributed by atoms with E-state index in [9.17, 15) is 10.1 Å². The summed E-state index contributed by atoms with van der Waals surface area (Å²) in [5.74, 6) is 5.85. The second-order valence-electron chi connectivity index (χ2n) is 9.22. The number of fused-ring (bicyclic) bond motifs is 1. The molecule has 4 rings (SSSR count). The molecule has 2 heterocycles. The molecule has 1 amide bonds. The number of aromatic nitrogens is 1. The number of nitrogens with zero attached hydrogens (tertiary/aromatic N) is 3. The van der Waals surface area contributed by atoms with Gasteiger partial charge in [-0.1, -0.05) is 30.2 Å². The maximum Gasteiger partial charge on any atom is 0.275 e. The molecule has 1 aromatic heterocycles. The van der Waals surface area contributed by atoms with Crippen molar-refractivity contribution in [1.29, 1.82) is 5.26 Å². The zero-order valence-electron chi connectivity index (χ0n) is 20.1. The van der Waals surface area contributed by atoms with E-state index in [1.807, 2.05) is 42.5 Å². The number of anilines is 1. The first-order valence-electron chi connectivity index (χ1n) is 11.5. The van der Waals surface area contributed by atoms with Gasteiger partial charge in [0.15, 0.2) is 0 Å². The maximum absolute atomic E-state index is 13.6. The number of allylic oxidation sites excluding steroid dienone is 2. The third-order valence-corrected chi connectivity index (χ3v) is 6.37. The van der Waals surface area contributed by atoms with E-state index in [1.165, 1.54) is 5.56 Å². The Morgan fingerprint density at radius 2 is 1.97 bits per heavy atom. The van der Waals surface area contributed by atoms with Crippen LogP contribution >= 0.6 is 0 Å². The van der Waals surface area contributed by atoms with Crippen molar-refractivity contribution in [3.8, 4) is 17.9 Å². The van der Waals surface area contributed by atoms with Gasteiger partial charge in [0.2, 0.25) is 0 Å². The smallest absolute Gasteiger partial charge is 0.275 e. The van der Waals surface area contributed by atoms with E-state index in [0.29, 0.717) is 17.3 Å². The Labute approximate surface area is 201 Å². The summed E-state index contributed by atoms with van der Waals surface area (Å²) in [5, 5.41) is 10.8. The first-order valence-corrected chi connectivity index (χ1v) is 11.5. The van der Waals surface area contributed by atoms with Gasteiger partial charge in [0.1, 0.15) is 17.5 Å². The van der Waals surface area contributed by atoms with Crippen LogP contribution < -0.4 is 4.90 Å². The largest absolute Gasteiger partial charge is 0.376 e. The fourth-order valence-electron chi connectivity index (χ4n) is 4.65. The van der Waals surface area contributed by atoms with Gasteiger partial charge >= 0.3 is 0 Å². The Hall–Kier alpha value is -3.80. The Morgan fingerprint density at radius 1 is 1.21 bits per heavy atom. The monoisotopic (exact) mass is 451 g/mol. The summed E-state index contributed by atoms with van der Waals surface area (Å²) in [7, 11) is 1.75. The molecule has 34 heavy (non-hydrogen) atoms. The average Bonchev–Trinajstić information content (AvgIpc) is 3.22. The Morgan fingerprint density at radius 3 is 2.65 bits per heavy atom. The van der Waals surface area contributed by atoms with E-state index in [-0.39, 0.29) is 11.5 Å². The van der Waals surface area contributed by atoms with Crippen molar-refractivity contribution in [2.24, 2.45) is 0 Å². The summed E-state index contributed by atoms with van der Waals surface area (Å²) in [6.45, 7) is 6.71. The first kappa shape index (κ1) is 23.4. The fourth-order valence-corrected chi connectivity index (χ4v) is 4.65.